The zero-order valence-electron chi connectivity index (χ0n) is 18.4. The fourth-order valence-electron chi connectivity index (χ4n) is 3.43. The van der Waals surface area contributed by atoms with Gasteiger partial charge in [0.2, 0.25) is 0 Å². The van der Waals surface area contributed by atoms with E-state index in [9.17, 15) is 0 Å². The summed E-state index contributed by atoms with van der Waals surface area (Å²) in [4.78, 5) is 7.17. The molecule has 0 aliphatic carbocycles. The molecule has 2 N–H and O–H groups in total. The predicted molar refractivity (Wildman–Crippen MR) is 129 cm³/mol. The second kappa shape index (κ2) is 13.1. The number of nitrogens with zero attached hydrogens (tertiary/aromatic N) is 2. The second-order valence-corrected chi connectivity index (χ2v) is 7.29. The lowest BCUT2D eigenvalue weighted by Gasteiger charge is -2.41. The molecule has 0 saturated carbocycles. The molecule has 1 aliphatic heterocycles. The molecule has 1 heterocycles. The van der Waals surface area contributed by atoms with Gasteiger partial charge in [-0.15, -0.1) is 24.0 Å². The molecule has 0 radical (unpaired) electrons. The van der Waals surface area contributed by atoms with Crippen LogP contribution in [0.4, 0.5) is 0 Å². The van der Waals surface area contributed by atoms with Crippen LogP contribution < -0.4 is 20.1 Å². The number of aliphatic imine (C=N–C) groups is 1. The third-order valence-electron chi connectivity index (χ3n) is 5.40. The van der Waals surface area contributed by atoms with Crippen molar-refractivity contribution in [3.63, 3.8) is 0 Å². The third-order valence-corrected chi connectivity index (χ3v) is 5.40. The second-order valence-electron chi connectivity index (χ2n) is 7.29. The number of methoxy groups -OCH3 is 2. The monoisotopic (exact) mass is 520 g/mol. The van der Waals surface area contributed by atoms with Gasteiger partial charge in [0.15, 0.2) is 17.5 Å². The van der Waals surface area contributed by atoms with Crippen LogP contribution in [0.15, 0.2) is 23.2 Å². The Bertz CT molecular complexity index is 634. The van der Waals surface area contributed by atoms with Crippen molar-refractivity contribution in [3.05, 3.63) is 23.8 Å². The Kier molecular flexibility index (Phi) is 11.7. The maximum atomic E-state index is 5.55. The van der Waals surface area contributed by atoms with Crippen LogP contribution in [-0.2, 0) is 11.2 Å². The van der Waals surface area contributed by atoms with E-state index in [0.29, 0.717) is 0 Å². The minimum Gasteiger partial charge on any atom is -0.493 e. The van der Waals surface area contributed by atoms with Crippen molar-refractivity contribution in [1.29, 1.82) is 0 Å². The van der Waals surface area contributed by atoms with Gasteiger partial charge >= 0.3 is 0 Å². The summed E-state index contributed by atoms with van der Waals surface area (Å²) in [5.41, 5.74) is 1.26. The van der Waals surface area contributed by atoms with Crippen LogP contribution in [0.3, 0.4) is 0 Å². The van der Waals surface area contributed by atoms with E-state index in [4.69, 9.17) is 19.2 Å². The molecule has 166 valence electrons. The van der Waals surface area contributed by atoms with Crippen molar-refractivity contribution in [2.24, 2.45) is 4.99 Å². The average molecular weight is 520 g/mol. The van der Waals surface area contributed by atoms with Gasteiger partial charge in [0, 0.05) is 31.8 Å². The molecule has 1 fully saturated rings. The summed E-state index contributed by atoms with van der Waals surface area (Å²) in [6.07, 6.45) is 2.89. The van der Waals surface area contributed by atoms with E-state index >= 15 is 0 Å². The largest absolute Gasteiger partial charge is 0.493 e. The van der Waals surface area contributed by atoms with Gasteiger partial charge in [-0.2, -0.15) is 0 Å². The Morgan fingerprint density at radius 3 is 2.41 bits per heavy atom. The van der Waals surface area contributed by atoms with Crippen molar-refractivity contribution in [1.82, 2.24) is 15.5 Å². The number of benzene rings is 1. The van der Waals surface area contributed by atoms with Crippen LogP contribution in [0, 0.1) is 0 Å². The summed E-state index contributed by atoms with van der Waals surface area (Å²) in [6.45, 7) is 6.07. The third kappa shape index (κ3) is 7.49. The molecular weight excluding hydrogens is 483 g/mol. The fourth-order valence-corrected chi connectivity index (χ4v) is 3.43. The normalized spacial score (nSPS) is 16.1. The van der Waals surface area contributed by atoms with Gasteiger partial charge < -0.3 is 29.7 Å². The van der Waals surface area contributed by atoms with Crippen LogP contribution in [0.25, 0.3) is 0 Å². The van der Waals surface area contributed by atoms with E-state index in [2.05, 4.69) is 42.6 Å². The Balaban J connectivity index is 0.00000420. The number of hydrogen-bond acceptors (Lipinski definition) is 5. The van der Waals surface area contributed by atoms with Gasteiger partial charge in [0.25, 0.3) is 0 Å². The van der Waals surface area contributed by atoms with Crippen LogP contribution in [0.2, 0.25) is 0 Å². The summed E-state index contributed by atoms with van der Waals surface area (Å²) >= 11 is 0. The van der Waals surface area contributed by atoms with E-state index in [-0.39, 0.29) is 29.5 Å². The molecule has 0 unspecified atom stereocenters. The van der Waals surface area contributed by atoms with E-state index in [1.54, 1.807) is 14.2 Å². The van der Waals surface area contributed by atoms with Crippen molar-refractivity contribution < 1.29 is 14.2 Å². The van der Waals surface area contributed by atoms with E-state index in [0.717, 1.165) is 69.6 Å². The van der Waals surface area contributed by atoms with Gasteiger partial charge in [0.05, 0.1) is 20.8 Å². The number of hydrogen-bond donors (Lipinski definition) is 2. The number of rotatable bonds is 9. The SMILES string of the molecule is CCNC(=NCC1(N(C)C)CCOCC1)NCCc1ccc(OC)c(OC)c1.I. The van der Waals surface area contributed by atoms with Crippen molar-refractivity contribution in [3.8, 4) is 11.5 Å². The molecule has 0 aromatic heterocycles. The molecule has 1 saturated heterocycles. The lowest BCUT2D eigenvalue weighted by molar-refractivity contribution is -0.00254. The van der Waals surface area contributed by atoms with Gasteiger partial charge in [-0.3, -0.25) is 4.99 Å². The molecule has 2 rings (SSSR count). The maximum Gasteiger partial charge on any atom is 0.191 e. The average Bonchev–Trinajstić information content (AvgIpc) is 2.72. The minimum absolute atomic E-state index is 0. The molecule has 0 atom stereocenters. The van der Waals surface area contributed by atoms with Gasteiger partial charge in [-0.25, -0.2) is 0 Å². The lowest BCUT2D eigenvalue weighted by Crippen LogP contribution is -2.51. The molecule has 8 heteroatoms. The minimum atomic E-state index is 0. The van der Waals surface area contributed by atoms with E-state index in [1.165, 1.54) is 5.56 Å². The Hall–Kier alpha value is -1.26. The summed E-state index contributed by atoms with van der Waals surface area (Å²) in [6, 6.07) is 6.03. The molecule has 1 aliphatic rings. The first kappa shape index (κ1) is 25.8. The zero-order valence-corrected chi connectivity index (χ0v) is 20.7. The molecule has 29 heavy (non-hydrogen) atoms. The predicted octanol–water partition coefficient (Wildman–Crippen LogP) is 2.53. The molecule has 7 nitrogen and oxygen atoms in total. The molecule has 0 bridgehead atoms. The number of guanidine groups is 1. The van der Waals surface area contributed by atoms with Crippen molar-refractivity contribution in [2.45, 2.75) is 31.7 Å². The Labute approximate surface area is 192 Å². The summed E-state index contributed by atoms with van der Waals surface area (Å²) in [5, 5.41) is 6.80. The summed E-state index contributed by atoms with van der Waals surface area (Å²) < 4.78 is 16.2. The highest BCUT2D eigenvalue weighted by Crippen LogP contribution is 2.28. The fraction of sp³-hybridized carbons (Fsp3) is 0.667. The number of likely N-dealkylation sites (N-methyl/N-ethyl adjacent to an activating group) is 1. The Morgan fingerprint density at radius 1 is 1.14 bits per heavy atom. The van der Waals surface area contributed by atoms with Crippen LogP contribution in [0.1, 0.15) is 25.3 Å². The highest BCUT2D eigenvalue weighted by atomic mass is 127. The highest BCUT2D eigenvalue weighted by molar-refractivity contribution is 14.0. The topological polar surface area (TPSA) is 67.4 Å². The summed E-state index contributed by atoms with van der Waals surface area (Å²) in [7, 11) is 7.58. The Morgan fingerprint density at radius 2 is 1.83 bits per heavy atom. The van der Waals surface area contributed by atoms with E-state index in [1.807, 2.05) is 12.1 Å². The zero-order chi connectivity index (χ0) is 20.4. The smallest absolute Gasteiger partial charge is 0.191 e. The lowest BCUT2D eigenvalue weighted by atomic mass is 9.89. The number of nitrogens with one attached hydrogen (secondary N) is 2. The van der Waals surface area contributed by atoms with Crippen LogP contribution in [-0.4, -0.2) is 77.6 Å². The first-order valence-corrected chi connectivity index (χ1v) is 10.0. The highest BCUT2D eigenvalue weighted by Gasteiger charge is 2.34. The van der Waals surface area contributed by atoms with Crippen LogP contribution >= 0.6 is 24.0 Å². The quantitative estimate of drug-likeness (QED) is 0.297. The molecule has 1 aromatic carbocycles. The van der Waals surface area contributed by atoms with E-state index < -0.39 is 0 Å². The van der Waals surface area contributed by atoms with Gasteiger partial charge in [-0.1, -0.05) is 6.07 Å². The summed E-state index contributed by atoms with van der Waals surface area (Å²) in [5.74, 6) is 2.36. The molecule has 0 amide bonds. The van der Waals surface area contributed by atoms with Crippen LogP contribution in [0.5, 0.6) is 11.5 Å². The number of ether oxygens (including phenoxy) is 3. The maximum absolute atomic E-state index is 5.55. The molecular formula is C21H37IN4O3. The standard InChI is InChI=1S/C21H36N4O3.HI/c1-6-22-20(24-16-21(25(2)3)10-13-28-14-11-21)23-12-9-17-7-8-18(26-4)19(15-17)27-5;/h7-8,15H,6,9-14,16H2,1-5H3,(H2,22,23,24);1H. The van der Waals surface area contributed by atoms with Crippen molar-refractivity contribution >= 4 is 29.9 Å². The van der Waals surface area contributed by atoms with Gasteiger partial charge in [0.1, 0.15) is 0 Å². The molecule has 0 spiro atoms. The molecule has 1 aromatic rings. The van der Waals surface area contributed by atoms with Crippen molar-refractivity contribution in [2.75, 3.05) is 61.2 Å². The first-order valence-electron chi connectivity index (χ1n) is 10.0. The first-order chi connectivity index (χ1) is 13.5. The number of halogens is 1. The van der Waals surface area contributed by atoms with Gasteiger partial charge in [-0.05, 0) is 58.0 Å².